The third-order valence-electron chi connectivity index (χ3n) is 4.29. The van der Waals surface area contributed by atoms with Crippen LogP contribution in [0.5, 0.6) is 11.5 Å². The van der Waals surface area contributed by atoms with Crippen molar-refractivity contribution in [3.05, 3.63) is 48.0 Å². The monoisotopic (exact) mass is 414 g/mol. The first-order valence-electron chi connectivity index (χ1n) is 9.15. The van der Waals surface area contributed by atoms with Gasteiger partial charge in [-0.1, -0.05) is 12.1 Å². The number of fused-ring (bicyclic) bond motifs is 1. The minimum atomic E-state index is -0.209. The second kappa shape index (κ2) is 9.47. The summed E-state index contributed by atoms with van der Waals surface area (Å²) in [5.74, 6) is 0.977. The Morgan fingerprint density at radius 2 is 2.00 bits per heavy atom. The van der Waals surface area contributed by atoms with Gasteiger partial charge in [-0.3, -0.25) is 14.4 Å². The summed E-state index contributed by atoms with van der Waals surface area (Å²) in [6, 6.07) is 12.2. The second-order valence-electron chi connectivity index (χ2n) is 6.32. The molecule has 2 amide bonds. The van der Waals surface area contributed by atoms with Crippen LogP contribution >= 0.6 is 11.8 Å². The van der Waals surface area contributed by atoms with Gasteiger partial charge in [0.2, 0.25) is 5.91 Å². The summed E-state index contributed by atoms with van der Waals surface area (Å²) in [5, 5.41) is 2.80. The quantitative estimate of drug-likeness (QED) is 0.669. The van der Waals surface area contributed by atoms with Crippen molar-refractivity contribution in [2.75, 3.05) is 42.0 Å². The summed E-state index contributed by atoms with van der Waals surface area (Å²) >= 11 is 1.23. The average Bonchev–Trinajstić information content (AvgIpc) is 2.72. The fraction of sp³-hybridized carbons (Fsp3) is 0.286. The smallest absolute Gasteiger partial charge is 0.264 e. The lowest BCUT2D eigenvalue weighted by molar-refractivity contribution is -0.121. The number of ether oxygens (including phenoxy) is 2. The van der Waals surface area contributed by atoms with Gasteiger partial charge < -0.3 is 19.7 Å². The molecule has 1 N–H and O–H groups in total. The summed E-state index contributed by atoms with van der Waals surface area (Å²) in [6.07, 6.45) is 0. The molecule has 1 aliphatic heterocycles. The number of anilines is 2. The maximum atomic E-state index is 12.5. The summed E-state index contributed by atoms with van der Waals surface area (Å²) in [6.45, 7) is 2.37. The number of benzene rings is 2. The molecule has 0 fully saturated rings. The molecule has 1 aliphatic rings. The van der Waals surface area contributed by atoms with E-state index < -0.39 is 0 Å². The van der Waals surface area contributed by atoms with E-state index >= 15 is 0 Å². The lowest BCUT2D eigenvalue weighted by Crippen LogP contribution is -2.35. The fourth-order valence-electron chi connectivity index (χ4n) is 2.80. The molecule has 0 radical (unpaired) electrons. The van der Waals surface area contributed by atoms with E-state index in [1.54, 1.807) is 37.4 Å². The van der Waals surface area contributed by atoms with Gasteiger partial charge in [-0.2, -0.15) is 0 Å². The number of carbonyl (C=O) groups excluding carboxylic acids is 3. The molecule has 0 spiro atoms. The van der Waals surface area contributed by atoms with E-state index in [0.717, 1.165) is 0 Å². The van der Waals surface area contributed by atoms with E-state index in [4.69, 9.17) is 9.47 Å². The number of hydrogen-bond acceptors (Lipinski definition) is 6. The predicted molar refractivity (Wildman–Crippen MR) is 113 cm³/mol. The van der Waals surface area contributed by atoms with Crippen molar-refractivity contribution in [3.63, 3.8) is 0 Å². The molecule has 29 heavy (non-hydrogen) atoms. The molecule has 0 unspecified atom stereocenters. The molecule has 3 rings (SSSR count). The molecule has 0 saturated carbocycles. The Hall–Kier alpha value is -3.00. The third kappa shape index (κ3) is 5.08. The molecule has 0 aliphatic carbocycles. The van der Waals surface area contributed by atoms with Crippen molar-refractivity contribution >= 4 is 40.7 Å². The van der Waals surface area contributed by atoms with Gasteiger partial charge in [0.15, 0.2) is 12.4 Å². The van der Waals surface area contributed by atoms with Crippen molar-refractivity contribution in [2.45, 2.75) is 6.92 Å². The van der Waals surface area contributed by atoms with Gasteiger partial charge in [0.1, 0.15) is 11.5 Å². The molecule has 152 valence electrons. The Bertz CT molecular complexity index is 931. The molecule has 2 aromatic rings. The van der Waals surface area contributed by atoms with Gasteiger partial charge in [-0.05, 0) is 37.3 Å². The van der Waals surface area contributed by atoms with Gasteiger partial charge in [0.25, 0.3) is 5.91 Å². The van der Waals surface area contributed by atoms with Crippen LogP contribution in [0.4, 0.5) is 11.4 Å². The number of amides is 2. The fourth-order valence-corrected chi connectivity index (χ4v) is 3.51. The van der Waals surface area contributed by atoms with E-state index in [2.05, 4.69) is 5.32 Å². The Morgan fingerprint density at radius 3 is 2.79 bits per heavy atom. The largest absolute Gasteiger partial charge is 0.492 e. The van der Waals surface area contributed by atoms with Crippen LogP contribution in [-0.4, -0.2) is 49.4 Å². The maximum Gasteiger partial charge on any atom is 0.264 e. The number of carbonyl (C=O) groups is 3. The summed E-state index contributed by atoms with van der Waals surface area (Å²) in [5.41, 5.74) is 1.65. The summed E-state index contributed by atoms with van der Waals surface area (Å²) in [4.78, 5) is 37.9. The number of para-hydroxylation sites is 2. The summed E-state index contributed by atoms with van der Waals surface area (Å²) in [7, 11) is 1.65. The number of rotatable bonds is 8. The Kier molecular flexibility index (Phi) is 6.77. The lowest BCUT2D eigenvalue weighted by Gasteiger charge is -2.26. The van der Waals surface area contributed by atoms with Crippen molar-refractivity contribution in [2.24, 2.45) is 0 Å². The van der Waals surface area contributed by atoms with Crippen LogP contribution < -0.4 is 19.7 Å². The van der Waals surface area contributed by atoms with E-state index in [-0.39, 0.29) is 35.7 Å². The van der Waals surface area contributed by atoms with Crippen LogP contribution in [0.3, 0.4) is 0 Å². The Labute approximate surface area is 173 Å². The Balaban J connectivity index is 1.54. The molecule has 1 heterocycles. The topological polar surface area (TPSA) is 84.9 Å². The first-order valence-corrected chi connectivity index (χ1v) is 10.3. The molecule has 0 bridgehead atoms. The number of Topliss-reactive ketones (excluding diaryl/α,β-unsaturated/α-hetero) is 1. The van der Waals surface area contributed by atoms with E-state index in [1.807, 2.05) is 19.1 Å². The van der Waals surface area contributed by atoms with Crippen molar-refractivity contribution in [1.82, 2.24) is 0 Å². The summed E-state index contributed by atoms with van der Waals surface area (Å²) < 4.78 is 10.9. The highest BCUT2D eigenvalue weighted by atomic mass is 32.2. The average molecular weight is 414 g/mol. The molecular formula is C21H22N2O5S. The maximum absolute atomic E-state index is 12.5. The predicted octanol–water partition coefficient (Wildman–Crippen LogP) is 3.00. The van der Waals surface area contributed by atoms with Crippen molar-refractivity contribution < 1.29 is 23.9 Å². The molecule has 0 aromatic heterocycles. The zero-order chi connectivity index (χ0) is 20.8. The lowest BCUT2D eigenvalue weighted by atomic mass is 10.1. The van der Waals surface area contributed by atoms with Gasteiger partial charge in [0.05, 0.1) is 29.5 Å². The first kappa shape index (κ1) is 20.7. The van der Waals surface area contributed by atoms with Gasteiger partial charge in [-0.15, -0.1) is 11.8 Å². The number of nitrogens with one attached hydrogen (secondary N) is 1. The van der Waals surface area contributed by atoms with Crippen LogP contribution in [-0.2, 0) is 9.59 Å². The minimum absolute atomic E-state index is 0.00577. The van der Waals surface area contributed by atoms with Gasteiger partial charge in [0, 0.05) is 12.6 Å². The molecular weight excluding hydrogens is 392 g/mol. The van der Waals surface area contributed by atoms with Crippen LogP contribution in [0.1, 0.15) is 17.3 Å². The standard InChI is InChI=1S/C21H22N2O5S/c1-3-27-18-7-5-4-6-15(18)22-20(25)13-29-12-17(24)14-8-9-19-16(10-14)23(2)21(26)11-28-19/h4-10H,3,11-13H2,1-2H3,(H,22,25). The molecule has 0 atom stereocenters. The van der Waals surface area contributed by atoms with E-state index in [9.17, 15) is 14.4 Å². The minimum Gasteiger partial charge on any atom is -0.492 e. The highest BCUT2D eigenvalue weighted by Gasteiger charge is 2.23. The Morgan fingerprint density at radius 1 is 1.21 bits per heavy atom. The third-order valence-corrected chi connectivity index (χ3v) is 5.23. The second-order valence-corrected chi connectivity index (χ2v) is 7.30. The van der Waals surface area contributed by atoms with Crippen LogP contribution in [0.2, 0.25) is 0 Å². The van der Waals surface area contributed by atoms with Crippen molar-refractivity contribution in [1.29, 1.82) is 0 Å². The number of thioether (sulfide) groups is 1. The SMILES string of the molecule is CCOc1ccccc1NC(=O)CSCC(=O)c1ccc2c(c1)N(C)C(=O)CO2. The van der Waals surface area contributed by atoms with E-state index in [0.29, 0.717) is 35.0 Å². The number of likely N-dealkylation sites (N-methyl/N-ethyl adjacent to an activating group) is 1. The normalized spacial score (nSPS) is 12.8. The number of ketones is 1. The van der Waals surface area contributed by atoms with Gasteiger partial charge >= 0.3 is 0 Å². The zero-order valence-electron chi connectivity index (χ0n) is 16.3. The van der Waals surface area contributed by atoms with Crippen LogP contribution in [0, 0.1) is 0 Å². The molecule has 2 aromatic carbocycles. The number of nitrogens with zero attached hydrogens (tertiary/aromatic N) is 1. The molecule has 7 nitrogen and oxygen atoms in total. The van der Waals surface area contributed by atoms with Crippen LogP contribution in [0.25, 0.3) is 0 Å². The molecule has 8 heteroatoms. The molecule has 0 saturated heterocycles. The number of hydrogen-bond donors (Lipinski definition) is 1. The van der Waals surface area contributed by atoms with E-state index in [1.165, 1.54) is 16.7 Å². The first-order chi connectivity index (χ1) is 14.0. The van der Waals surface area contributed by atoms with Gasteiger partial charge in [-0.25, -0.2) is 0 Å². The van der Waals surface area contributed by atoms with Crippen LogP contribution in [0.15, 0.2) is 42.5 Å². The highest BCUT2D eigenvalue weighted by molar-refractivity contribution is 8.00. The zero-order valence-corrected chi connectivity index (χ0v) is 17.1. The van der Waals surface area contributed by atoms with Crippen molar-refractivity contribution in [3.8, 4) is 11.5 Å². The highest BCUT2D eigenvalue weighted by Crippen LogP contribution is 2.32.